The van der Waals surface area contributed by atoms with E-state index in [-0.39, 0.29) is 18.6 Å². The van der Waals surface area contributed by atoms with Gasteiger partial charge in [0.2, 0.25) is 0 Å². The van der Waals surface area contributed by atoms with Crippen LogP contribution in [0, 0.1) is 6.92 Å². The molecule has 16 heavy (non-hydrogen) atoms. The minimum absolute atomic E-state index is 0.135. The largest absolute Gasteiger partial charge is 0.416 e. The molecule has 5 heteroatoms. The summed E-state index contributed by atoms with van der Waals surface area (Å²) in [5.41, 5.74) is 5.59. The van der Waals surface area contributed by atoms with Crippen molar-refractivity contribution in [1.29, 1.82) is 0 Å². The number of alkyl halides is 3. The fraction of sp³-hybridized carbons (Fsp3) is 0.455. The summed E-state index contributed by atoms with van der Waals surface area (Å²) in [7, 11) is 0. The first kappa shape index (κ1) is 13.0. The van der Waals surface area contributed by atoms with E-state index in [0.29, 0.717) is 5.56 Å². The van der Waals surface area contributed by atoms with Crippen LogP contribution < -0.4 is 5.73 Å². The SMILES string of the molecule is Cc1c([C@H](N)CCO)cccc1C(F)(F)F. The number of nitrogens with two attached hydrogens (primary N) is 1. The zero-order valence-corrected chi connectivity index (χ0v) is 8.88. The second-order valence-electron chi connectivity index (χ2n) is 3.64. The minimum Gasteiger partial charge on any atom is -0.396 e. The van der Waals surface area contributed by atoms with Gasteiger partial charge in [-0.2, -0.15) is 13.2 Å². The molecule has 0 spiro atoms. The number of aliphatic hydroxyl groups is 1. The molecule has 0 radical (unpaired) electrons. The van der Waals surface area contributed by atoms with Gasteiger partial charge in [0.05, 0.1) is 5.56 Å². The van der Waals surface area contributed by atoms with E-state index < -0.39 is 17.8 Å². The van der Waals surface area contributed by atoms with Crippen LogP contribution in [0.3, 0.4) is 0 Å². The molecule has 1 atom stereocenters. The molecular formula is C11H14F3NO. The van der Waals surface area contributed by atoms with E-state index in [0.717, 1.165) is 6.07 Å². The Balaban J connectivity index is 3.14. The molecule has 0 amide bonds. The van der Waals surface area contributed by atoms with Crippen molar-refractivity contribution in [3.8, 4) is 0 Å². The molecule has 2 nitrogen and oxygen atoms in total. The van der Waals surface area contributed by atoms with Gasteiger partial charge in [0.1, 0.15) is 0 Å². The third-order valence-electron chi connectivity index (χ3n) is 2.52. The molecule has 0 aromatic heterocycles. The molecule has 0 saturated carbocycles. The lowest BCUT2D eigenvalue weighted by molar-refractivity contribution is -0.138. The fourth-order valence-electron chi connectivity index (χ4n) is 1.66. The predicted octanol–water partition coefficient (Wildman–Crippen LogP) is 2.40. The van der Waals surface area contributed by atoms with Crippen LogP contribution >= 0.6 is 0 Å². The first-order valence-corrected chi connectivity index (χ1v) is 4.91. The lowest BCUT2D eigenvalue weighted by atomic mass is 9.95. The number of benzene rings is 1. The van der Waals surface area contributed by atoms with E-state index in [1.807, 2.05) is 0 Å². The molecule has 3 N–H and O–H groups in total. The molecule has 90 valence electrons. The van der Waals surface area contributed by atoms with E-state index >= 15 is 0 Å². The van der Waals surface area contributed by atoms with Gasteiger partial charge >= 0.3 is 6.18 Å². The van der Waals surface area contributed by atoms with Crippen LogP contribution in [0.4, 0.5) is 13.2 Å². The Kier molecular flexibility index (Phi) is 3.93. The summed E-state index contributed by atoms with van der Waals surface area (Å²) in [6, 6.07) is 3.37. The van der Waals surface area contributed by atoms with Crippen molar-refractivity contribution in [2.24, 2.45) is 5.73 Å². The summed E-state index contributed by atoms with van der Waals surface area (Å²) in [5.74, 6) is 0. The maximum atomic E-state index is 12.6. The van der Waals surface area contributed by atoms with Gasteiger partial charge in [-0.1, -0.05) is 12.1 Å². The van der Waals surface area contributed by atoms with Crippen LogP contribution in [0.5, 0.6) is 0 Å². The van der Waals surface area contributed by atoms with E-state index in [1.165, 1.54) is 13.0 Å². The van der Waals surface area contributed by atoms with Crippen molar-refractivity contribution < 1.29 is 18.3 Å². The molecule has 0 aliphatic carbocycles. The third kappa shape index (κ3) is 2.74. The average Bonchev–Trinajstić information content (AvgIpc) is 2.16. The van der Waals surface area contributed by atoms with E-state index in [2.05, 4.69) is 0 Å². The topological polar surface area (TPSA) is 46.2 Å². The highest BCUT2D eigenvalue weighted by atomic mass is 19.4. The van der Waals surface area contributed by atoms with Gasteiger partial charge in [-0.25, -0.2) is 0 Å². The zero-order chi connectivity index (χ0) is 12.3. The highest BCUT2D eigenvalue weighted by molar-refractivity contribution is 5.37. The van der Waals surface area contributed by atoms with Gasteiger partial charge < -0.3 is 10.8 Å². The minimum atomic E-state index is -4.36. The number of halogens is 3. The highest BCUT2D eigenvalue weighted by Gasteiger charge is 2.33. The van der Waals surface area contributed by atoms with Crippen molar-refractivity contribution in [2.75, 3.05) is 6.61 Å². The van der Waals surface area contributed by atoms with Gasteiger partial charge in [0, 0.05) is 12.6 Å². The normalized spacial score (nSPS) is 13.9. The van der Waals surface area contributed by atoms with Gasteiger partial charge in [-0.3, -0.25) is 0 Å². The standard InChI is InChI=1S/C11H14F3NO/c1-7-8(10(15)5-6-16)3-2-4-9(7)11(12,13)14/h2-4,10,16H,5-6,15H2,1H3/t10-/m1/s1. The molecule has 1 aromatic carbocycles. The second-order valence-corrected chi connectivity index (χ2v) is 3.64. The lowest BCUT2D eigenvalue weighted by Gasteiger charge is -2.17. The summed E-state index contributed by atoms with van der Waals surface area (Å²) in [4.78, 5) is 0. The van der Waals surface area contributed by atoms with Crippen LogP contribution in [-0.2, 0) is 6.18 Å². The number of hydrogen-bond acceptors (Lipinski definition) is 2. The van der Waals surface area contributed by atoms with Crippen LogP contribution in [0.25, 0.3) is 0 Å². The van der Waals surface area contributed by atoms with E-state index in [1.54, 1.807) is 6.07 Å². The molecular weight excluding hydrogens is 219 g/mol. The van der Waals surface area contributed by atoms with Crippen LogP contribution in [0.2, 0.25) is 0 Å². The zero-order valence-electron chi connectivity index (χ0n) is 8.88. The molecule has 0 heterocycles. The van der Waals surface area contributed by atoms with Crippen LogP contribution in [0.15, 0.2) is 18.2 Å². The molecule has 1 aromatic rings. The highest BCUT2D eigenvalue weighted by Crippen LogP contribution is 2.34. The Morgan fingerprint density at radius 1 is 1.38 bits per heavy atom. The molecule has 0 aliphatic rings. The summed E-state index contributed by atoms with van der Waals surface area (Å²) in [5, 5.41) is 8.72. The summed E-state index contributed by atoms with van der Waals surface area (Å²) < 4.78 is 37.8. The lowest BCUT2D eigenvalue weighted by Crippen LogP contribution is -2.16. The fourth-order valence-corrected chi connectivity index (χ4v) is 1.66. The smallest absolute Gasteiger partial charge is 0.396 e. The van der Waals surface area contributed by atoms with Gasteiger partial charge in [0.25, 0.3) is 0 Å². The Bertz CT molecular complexity index is 363. The molecule has 0 bridgehead atoms. The summed E-state index contributed by atoms with van der Waals surface area (Å²) in [6.45, 7) is 1.26. The van der Waals surface area contributed by atoms with E-state index in [9.17, 15) is 13.2 Å². The number of rotatable bonds is 3. The Morgan fingerprint density at radius 2 is 2.00 bits per heavy atom. The van der Waals surface area contributed by atoms with Gasteiger partial charge in [-0.15, -0.1) is 0 Å². The van der Waals surface area contributed by atoms with Crippen molar-refractivity contribution in [3.63, 3.8) is 0 Å². The Hall–Kier alpha value is -1.07. The Morgan fingerprint density at radius 3 is 2.50 bits per heavy atom. The maximum Gasteiger partial charge on any atom is 0.416 e. The molecule has 0 saturated heterocycles. The van der Waals surface area contributed by atoms with Crippen molar-refractivity contribution >= 4 is 0 Å². The summed E-state index contributed by atoms with van der Waals surface area (Å²) >= 11 is 0. The summed E-state index contributed by atoms with van der Waals surface area (Å²) in [6.07, 6.45) is -4.11. The average molecular weight is 233 g/mol. The molecule has 0 aliphatic heterocycles. The van der Waals surface area contributed by atoms with Gasteiger partial charge in [0.15, 0.2) is 0 Å². The van der Waals surface area contributed by atoms with Crippen molar-refractivity contribution in [1.82, 2.24) is 0 Å². The molecule has 1 rings (SSSR count). The molecule has 0 unspecified atom stereocenters. The van der Waals surface area contributed by atoms with Crippen molar-refractivity contribution in [3.05, 3.63) is 34.9 Å². The van der Waals surface area contributed by atoms with Crippen LogP contribution in [-0.4, -0.2) is 11.7 Å². The van der Waals surface area contributed by atoms with Crippen molar-refractivity contribution in [2.45, 2.75) is 25.6 Å². The second kappa shape index (κ2) is 4.84. The first-order valence-electron chi connectivity index (χ1n) is 4.91. The van der Waals surface area contributed by atoms with E-state index in [4.69, 9.17) is 10.8 Å². The predicted molar refractivity (Wildman–Crippen MR) is 54.8 cm³/mol. The van der Waals surface area contributed by atoms with Gasteiger partial charge in [-0.05, 0) is 30.5 Å². The monoisotopic (exact) mass is 233 g/mol. The third-order valence-corrected chi connectivity index (χ3v) is 2.52. The molecule has 0 fully saturated rings. The number of aliphatic hydroxyl groups excluding tert-OH is 1. The maximum absolute atomic E-state index is 12.6. The number of hydrogen-bond donors (Lipinski definition) is 2. The quantitative estimate of drug-likeness (QED) is 0.842. The Labute approximate surface area is 91.9 Å². The first-order chi connectivity index (χ1) is 7.38. The van der Waals surface area contributed by atoms with Crippen LogP contribution in [0.1, 0.15) is 29.2 Å².